The predicted octanol–water partition coefficient (Wildman–Crippen LogP) is 2.59. The van der Waals surface area contributed by atoms with Crippen LogP contribution in [0.5, 0.6) is 0 Å². The van der Waals surface area contributed by atoms with Gasteiger partial charge in [-0.3, -0.25) is 4.98 Å². The molecule has 0 radical (unpaired) electrons. The number of benzene rings is 1. The molecule has 8 heteroatoms. The molecule has 0 saturated heterocycles. The minimum Gasteiger partial charge on any atom is -0.444 e. The summed E-state index contributed by atoms with van der Waals surface area (Å²) < 4.78 is 5.10. The Kier molecular flexibility index (Phi) is 6.16. The van der Waals surface area contributed by atoms with Crippen LogP contribution in [0.15, 0.2) is 24.4 Å². The molecule has 0 aliphatic heterocycles. The van der Waals surface area contributed by atoms with Crippen LogP contribution in [0.1, 0.15) is 38.9 Å². The molecule has 2 unspecified atom stereocenters. The van der Waals surface area contributed by atoms with Crippen LogP contribution in [-0.4, -0.2) is 44.5 Å². The van der Waals surface area contributed by atoms with Gasteiger partial charge in [0, 0.05) is 6.54 Å². The summed E-state index contributed by atoms with van der Waals surface area (Å²) in [5.41, 5.74) is 1.08. The number of aliphatic hydroxyl groups is 2. The number of carbonyl (C=O) groups excluding carboxylic acids is 1. The van der Waals surface area contributed by atoms with Crippen molar-refractivity contribution in [3.8, 4) is 0 Å². The summed E-state index contributed by atoms with van der Waals surface area (Å²) in [7, 11) is 0. The minimum absolute atomic E-state index is 0.166. The van der Waals surface area contributed by atoms with E-state index in [4.69, 9.17) is 16.3 Å². The summed E-state index contributed by atoms with van der Waals surface area (Å²) in [4.78, 5) is 19.8. The maximum atomic E-state index is 11.6. The van der Waals surface area contributed by atoms with Crippen molar-refractivity contribution in [3.63, 3.8) is 0 Å². The summed E-state index contributed by atoms with van der Waals surface area (Å²) in [5, 5.41) is 23.2. The minimum atomic E-state index is -1.12. The van der Waals surface area contributed by atoms with Crippen LogP contribution < -0.4 is 5.32 Å². The molecule has 0 saturated carbocycles. The van der Waals surface area contributed by atoms with Crippen molar-refractivity contribution in [3.05, 3.63) is 35.1 Å². The highest BCUT2D eigenvalue weighted by molar-refractivity contribution is 6.29. The SMILES string of the molecule is CC(C)(C)OC(=O)NCCC(O)C(O)c1ccc2ncc(Cl)nc2c1. The smallest absolute Gasteiger partial charge is 0.407 e. The fraction of sp³-hybridized carbons (Fsp3) is 0.471. The molecule has 0 aliphatic carbocycles. The molecule has 1 aromatic carbocycles. The lowest BCUT2D eigenvalue weighted by atomic mass is 10.0. The summed E-state index contributed by atoms with van der Waals surface area (Å²) in [6.45, 7) is 5.46. The van der Waals surface area contributed by atoms with Crippen molar-refractivity contribution >= 4 is 28.7 Å². The normalized spacial score (nSPS) is 14.2. The fourth-order valence-corrected chi connectivity index (χ4v) is 2.35. The van der Waals surface area contributed by atoms with Crippen molar-refractivity contribution in [1.82, 2.24) is 15.3 Å². The van der Waals surface area contributed by atoms with Gasteiger partial charge in [0.2, 0.25) is 0 Å². The molecule has 0 aliphatic rings. The van der Waals surface area contributed by atoms with E-state index in [9.17, 15) is 15.0 Å². The van der Waals surface area contributed by atoms with Gasteiger partial charge in [0.15, 0.2) is 0 Å². The van der Waals surface area contributed by atoms with E-state index in [1.807, 2.05) is 0 Å². The number of ether oxygens (including phenoxy) is 1. The maximum Gasteiger partial charge on any atom is 0.407 e. The second-order valence-corrected chi connectivity index (χ2v) is 7.06. The molecule has 2 rings (SSSR count). The molecule has 1 heterocycles. The summed E-state index contributed by atoms with van der Waals surface area (Å²) in [5.74, 6) is 0. The summed E-state index contributed by atoms with van der Waals surface area (Å²) in [6.07, 6.45) is -1.13. The van der Waals surface area contributed by atoms with Crippen LogP contribution in [0.25, 0.3) is 11.0 Å². The Morgan fingerprint density at radius 3 is 2.72 bits per heavy atom. The molecule has 25 heavy (non-hydrogen) atoms. The van der Waals surface area contributed by atoms with Crippen LogP contribution in [-0.2, 0) is 4.74 Å². The molecule has 136 valence electrons. The average Bonchev–Trinajstić information content (AvgIpc) is 2.51. The van der Waals surface area contributed by atoms with Crippen LogP contribution in [0.2, 0.25) is 5.15 Å². The number of halogens is 1. The highest BCUT2D eigenvalue weighted by Gasteiger charge is 2.20. The van der Waals surface area contributed by atoms with Gasteiger partial charge in [-0.25, -0.2) is 9.78 Å². The molecule has 3 N–H and O–H groups in total. The second-order valence-electron chi connectivity index (χ2n) is 6.67. The first-order valence-corrected chi connectivity index (χ1v) is 8.29. The maximum absolute atomic E-state index is 11.6. The number of aromatic nitrogens is 2. The standard InChI is InChI=1S/C17H22ClN3O4/c1-17(2,3)25-16(24)19-7-6-13(22)15(23)10-4-5-11-12(8-10)21-14(18)9-20-11/h4-5,8-9,13,15,22-23H,6-7H2,1-3H3,(H,19,24). The second kappa shape index (κ2) is 7.95. The number of carbonyl (C=O) groups is 1. The predicted molar refractivity (Wildman–Crippen MR) is 94.4 cm³/mol. The first kappa shape index (κ1) is 19.4. The van der Waals surface area contributed by atoms with E-state index in [1.54, 1.807) is 39.0 Å². The Morgan fingerprint density at radius 1 is 1.32 bits per heavy atom. The van der Waals surface area contributed by atoms with Gasteiger partial charge in [0.1, 0.15) is 16.9 Å². The molecule has 0 bridgehead atoms. The number of hydrogen-bond acceptors (Lipinski definition) is 6. The zero-order valence-corrected chi connectivity index (χ0v) is 15.1. The van der Waals surface area contributed by atoms with E-state index in [-0.39, 0.29) is 18.1 Å². The van der Waals surface area contributed by atoms with Gasteiger partial charge in [-0.2, -0.15) is 0 Å². The van der Waals surface area contributed by atoms with Crippen LogP contribution in [0.3, 0.4) is 0 Å². The Balaban J connectivity index is 1.93. The molecular formula is C17H22ClN3O4. The highest BCUT2D eigenvalue weighted by atomic mass is 35.5. The lowest BCUT2D eigenvalue weighted by Gasteiger charge is -2.21. The van der Waals surface area contributed by atoms with Gasteiger partial charge in [0.25, 0.3) is 0 Å². The molecular weight excluding hydrogens is 346 g/mol. The molecule has 0 fully saturated rings. The molecule has 2 aromatic rings. The van der Waals surface area contributed by atoms with Gasteiger partial charge in [-0.1, -0.05) is 17.7 Å². The van der Waals surface area contributed by atoms with Crippen molar-refractivity contribution in [2.45, 2.75) is 45.0 Å². The topological polar surface area (TPSA) is 105 Å². The van der Waals surface area contributed by atoms with Crippen molar-refractivity contribution in [2.75, 3.05) is 6.54 Å². The van der Waals surface area contributed by atoms with Crippen molar-refractivity contribution < 1.29 is 19.7 Å². The number of alkyl carbamates (subject to hydrolysis) is 1. The van der Waals surface area contributed by atoms with Crippen LogP contribution in [0, 0.1) is 0 Å². The van der Waals surface area contributed by atoms with E-state index in [0.29, 0.717) is 16.6 Å². The van der Waals surface area contributed by atoms with E-state index < -0.39 is 23.9 Å². The fourth-order valence-electron chi connectivity index (χ4n) is 2.21. The van der Waals surface area contributed by atoms with Crippen molar-refractivity contribution in [2.24, 2.45) is 0 Å². The molecule has 0 spiro atoms. The monoisotopic (exact) mass is 367 g/mol. The first-order valence-electron chi connectivity index (χ1n) is 7.91. The number of aliphatic hydroxyl groups excluding tert-OH is 2. The lowest BCUT2D eigenvalue weighted by Crippen LogP contribution is -2.34. The van der Waals surface area contributed by atoms with E-state index in [0.717, 1.165) is 0 Å². The average molecular weight is 368 g/mol. The first-order chi connectivity index (χ1) is 11.7. The molecule has 1 aromatic heterocycles. The summed E-state index contributed by atoms with van der Waals surface area (Å²) in [6, 6.07) is 4.99. The van der Waals surface area contributed by atoms with E-state index in [1.165, 1.54) is 6.20 Å². The number of nitrogens with zero attached hydrogens (tertiary/aromatic N) is 2. The van der Waals surface area contributed by atoms with Gasteiger partial charge >= 0.3 is 6.09 Å². The van der Waals surface area contributed by atoms with Gasteiger partial charge < -0.3 is 20.3 Å². The van der Waals surface area contributed by atoms with Gasteiger partial charge in [-0.15, -0.1) is 0 Å². The van der Waals surface area contributed by atoms with Crippen LogP contribution >= 0.6 is 11.6 Å². The summed E-state index contributed by atoms with van der Waals surface area (Å²) >= 11 is 5.82. The quantitative estimate of drug-likeness (QED) is 0.750. The number of amides is 1. The third-order valence-corrected chi connectivity index (χ3v) is 3.53. The number of nitrogens with one attached hydrogen (secondary N) is 1. The lowest BCUT2D eigenvalue weighted by molar-refractivity contribution is 0.0124. The Bertz CT molecular complexity index is 748. The zero-order valence-electron chi connectivity index (χ0n) is 14.4. The number of rotatable bonds is 5. The van der Waals surface area contributed by atoms with Crippen molar-refractivity contribution in [1.29, 1.82) is 0 Å². The third kappa shape index (κ3) is 5.81. The third-order valence-electron chi connectivity index (χ3n) is 3.35. The molecule has 7 nitrogen and oxygen atoms in total. The zero-order chi connectivity index (χ0) is 18.6. The Labute approximate surface area is 151 Å². The molecule has 2 atom stereocenters. The van der Waals surface area contributed by atoms with E-state index in [2.05, 4.69) is 15.3 Å². The highest BCUT2D eigenvalue weighted by Crippen LogP contribution is 2.22. The Morgan fingerprint density at radius 2 is 2.04 bits per heavy atom. The van der Waals surface area contributed by atoms with Crippen LogP contribution in [0.4, 0.5) is 4.79 Å². The largest absolute Gasteiger partial charge is 0.444 e. The van der Waals surface area contributed by atoms with E-state index >= 15 is 0 Å². The van der Waals surface area contributed by atoms with Gasteiger partial charge in [0.05, 0.1) is 23.3 Å². The van der Waals surface area contributed by atoms with Gasteiger partial charge in [-0.05, 0) is 44.9 Å². The molecule has 1 amide bonds. The number of fused-ring (bicyclic) bond motifs is 1. The Hall–Kier alpha value is -1.96. The number of hydrogen-bond donors (Lipinski definition) is 3.